The highest BCUT2D eigenvalue weighted by atomic mass is 15.2. The summed E-state index contributed by atoms with van der Waals surface area (Å²) in [6, 6.07) is 0.880. The summed E-state index contributed by atoms with van der Waals surface area (Å²) in [5.74, 6) is 0. The predicted molar refractivity (Wildman–Crippen MR) is 50.8 cm³/mol. The van der Waals surface area contributed by atoms with Gasteiger partial charge < -0.3 is 9.80 Å². The third kappa shape index (κ3) is 1.80. The monoisotopic (exact) mass is 167 g/mol. The standard InChI is InChI=1S/C10H19N2/c1-11-8-4-10(5-9-11)12-6-2-3-7-12/h10H,1-9H2. The summed E-state index contributed by atoms with van der Waals surface area (Å²) in [5.41, 5.74) is 0. The average molecular weight is 167 g/mol. The molecule has 0 aromatic rings. The van der Waals surface area contributed by atoms with E-state index in [0.29, 0.717) is 0 Å². The highest BCUT2D eigenvalue weighted by Crippen LogP contribution is 2.20. The molecule has 0 N–H and O–H groups in total. The zero-order valence-corrected chi connectivity index (χ0v) is 7.84. The van der Waals surface area contributed by atoms with Crippen LogP contribution in [0.1, 0.15) is 25.7 Å². The van der Waals surface area contributed by atoms with E-state index in [4.69, 9.17) is 0 Å². The van der Waals surface area contributed by atoms with E-state index in [2.05, 4.69) is 16.8 Å². The van der Waals surface area contributed by atoms with Gasteiger partial charge in [0, 0.05) is 13.1 Å². The molecule has 0 spiro atoms. The number of nitrogens with zero attached hydrogens (tertiary/aromatic N) is 2. The molecule has 2 rings (SSSR count). The van der Waals surface area contributed by atoms with Gasteiger partial charge in [0.2, 0.25) is 0 Å². The zero-order chi connectivity index (χ0) is 8.39. The molecule has 2 saturated heterocycles. The Bertz CT molecular complexity index is 133. The maximum atomic E-state index is 3.97. The second kappa shape index (κ2) is 3.75. The number of piperidine rings is 1. The van der Waals surface area contributed by atoms with Gasteiger partial charge in [-0.25, -0.2) is 0 Å². The van der Waals surface area contributed by atoms with E-state index >= 15 is 0 Å². The number of hydrogen-bond acceptors (Lipinski definition) is 2. The van der Waals surface area contributed by atoms with Crippen LogP contribution in [-0.2, 0) is 0 Å². The van der Waals surface area contributed by atoms with Gasteiger partial charge in [-0.15, -0.1) is 0 Å². The Morgan fingerprint density at radius 2 is 1.50 bits per heavy atom. The predicted octanol–water partition coefficient (Wildman–Crippen LogP) is 1.34. The fourth-order valence-electron chi connectivity index (χ4n) is 2.39. The van der Waals surface area contributed by atoms with Gasteiger partial charge in [-0.3, -0.25) is 0 Å². The van der Waals surface area contributed by atoms with Crippen LogP contribution in [0.4, 0.5) is 0 Å². The van der Waals surface area contributed by atoms with E-state index in [9.17, 15) is 0 Å². The molecule has 2 nitrogen and oxygen atoms in total. The molecule has 0 aromatic carbocycles. The summed E-state index contributed by atoms with van der Waals surface area (Å²) in [6.07, 6.45) is 5.52. The van der Waals surface area contributed by atoms with Crippen molar-refractivity contribution in [2.45, 2.75) is 31.7 Å². The summed E-state index contributed by atoms with van der Waals surface area (Å²) in [5, 5.41) is 0. The van der Waals surface area contributed by atoms with Crippen molar-refractivity contribution in [2.24, 2.45) is 0 Å². The van der Waals surface area contributed by atoms with Gasteiger partial charge in [0.1, 0.15) is 0 Å². The first kappa shape index (κ1) is 8.52. The Morgan fingerprint density at radius 1 is 0.917 bits per heavy atom. The van der Waals surface area contributed by atoms with Crippen molar-refractivity contribution in [2.75, 3.05) is 26.2 Å². The molecular weight excluding hydrogens is 148 g/mol. The first-order chi connectivity index (χ1) is 5.86. The van der Waals surface area contributed by atoms with Crippen LogP contribution in [0.3, 0.4) is 0 Å². The van der Waals surface area contributed by atoms with Crippen LogP contribution in [0.15, 0.2) is 0 Å². The molecule has 2 aliphatic heterocycles. The maximum absolute atomic E-state index is 3.97. The van der Waals surface area contributed by atoms with Gasteiger partial charge >= 0.3 is 0 Å². The summed E-state index contributed by atoms with van der Waals surface area (Å²) < 4.78 is 0. The molecule has 2 heterocycles. The van der Waals surface area contributed by atoms with Gasteiger partial charge in [0.15, 0.2) is 0 Å². The summed E-state index contributed by atoms with van der Waals surface area (Å²) >= 11 is 0. The lowest BCUT2D eigenvalue weighted by molar-refractivity contribution is 0.152. The second-order valence-corrected chi connectivity index (χ2v) is 4.09. The first-order valence-corrected chi connectivity index (χ1v) is 5.16. The smallest absolute Gasteiger partial charge is 0.0120 e. The van der Waals surface area contributed by atoms with Crippen LogP contribution in [0.2, 0.25) is 0 Å². The molecule has 0 atom stereocenters. The minimum absolute atomic E-state index is 0.880. The Hall–Kier alpha value is -0.0800. The number of rotatable bonds is 1. The van der Waals surface area contributed by atoms with Crippen LogP contribution < -0.4 is 0 Å². The largest absolute Gasteiger partial charge is 0.302 e. The molecule has 0 aliphatic carbocycles. The molecule has 0 bridgehead atoms. The lowest BCUT2D eigenvalue weighted by atomic mass is 10.0. The quantitative estimate of drug-likeness (QED) is 0.581. The summed E-state index contributed by atoms with van der Waals surface area (Å²) in [7, 11) is 3.97. The molecular formula is C10H19N2. The van der Waals surface area contributed by atoms with E-state index in [1.54, 1.807) is 0 Å². The van der Waals surface area contributed by atoms with E-state index in [1.807, 2.05) is 0 Å². The highest BCUT2D eigenvalue weighted by molar-refractivity contribution is 4.81. The van der Waals surface area contributed by atoms with E-state index in [0.717, 1.165) is 6.04 Å². The third-order valence-electron chi connectivity index (χ3n) is 3.21. The van der Waals surface area contributed by atoms with Crippen molar-refractivity contribution in [1.82, 2.24) is 9.80 Å². The Kier molecular flexibility index (Phi) is 2.66. The van der Waals surface area contributed by atoms with Gasteiger partial charge in [0.25, 0.3) is 0 Å². The molecule has 0 saturated carbocycles. The molecule has 2 heteroatoms. The zero-order valence-electron chi connectivity index (χ0n) is 7.84. The third-order valence-corrected chi connectivity index (χ3v) is 3.21. The molecule has 0 aromatic heterocycles. The Labute approximate surface area is 75.5 Å². The lowest BCUT2D eigenvalue weighted by Crippen LogP contribution is -2.41. The number of likely N-dealkylation sites (tertiary alicyclic amines) is 2. The normalized spacial score (nSPS) is 29.8. The van der Waals surface area contributed by atoms with Crippen molar-refractivity contribution < 1.29 is 0 Å². The Morgan fingerprint density at radius 3 is 2.08 bits per heavy atom. The lowest BCUT2D eigenvalue weighted by Gasteiger charge is -2.34. The van der Waals surface area contributed by atoms with Gasteiger partial charge in [-0.05, 0) is 51.9 Å². The fourth-order valence-corrected chi connectivity index (χ4v) is 2.39. The molecule has 1 radical (unpaired) electrons. The van der Waals surface area contributed by atoms with Crippen molar-refractivity contribution in [3.05, 3.63) is 7.05 Å². The minimum Gasteiger partial charge on any atom is -0.302 e. The first-order valence-electron chi connectivity index (χ1n) is 5.16. The van der Waals surface area contributed by atoms with Crippen LogP contribution in [0, 0.1) is 7.05 Å². The molecule has 2 fully saturated rings. The summed E-state index contributed by atoms with van der Waals surface area (Å²) in [4.78, 5) is 4.87. The van der Waals surface area contributed by atoms with Crippen molar-refractivity contribution >= 4 is 0 Å². The molecule has 0 amide bonds. The second-order valence-electron chi connectivity index (χ2n) is 4.09. The SMILES string of the molecule is [CH2]N1CCC(N2CCCC2)CC1. The topological polar surface area (TPSA) is 6.48 Å². The highest BCUT2D eigenvalue weighted by Gasteiger charge is 2.24. The van der Waals surface area contributed by atoms with Crippen molar-refractivity contribution in [3.8, 4) is 0 Å². The van der Waals surface area contributed by atoms with E-state index in [1.165, 1.54) is 51.9 Å². The molecule has 12 heavy (non-hydrogen) atoms. The van der Waals surface area contributed by atoms with Crippen LogP contribution in [0.5, 0.6) is 0 Å². The maximum Gasteiger partial charge on any atom is 0.0120 e. The van der Waals surface area contributed by atoms with Crippen LogP contribution in [-0.4, -0.2) is 42.0 Å². The minimum atomic E-state index is 0.880. The molecule has 0 unspecified atom stereocenters. The molecule has 2 aliphatic rings. The van der Waals surface area contributed by atoms with Crippen LogP contribution >= 0.6 is 0 Å². The van der Waals surface area contributed by atoms with Gasteiger partial charge in [0.05, 0.1) is 0 Å². The van der Waals surface area contributed by atoms with E-state index in [-0.39, 0.29) is 0 Å². The van der Waals surface area contributed by atoms with Gasteiger partial charge in [-0.2, -0.15) is 0 Å². The number of hydrogen-bond donors (Lipinski definition) is 0. The van der Waals surface area contributed by atoms with Crippen LogP contribution in [0.25, 0.3) is 0 Å². The fraction of sp³-hybridized carbons (Fsp3) is 0.900. The average Bonchev–Trinajstić information content (AvgIpc) is 2.58. The Balaban J connectivity index is 1.80. The van der Waals surface area contributed by atoms with E-state index < -0.39 is 0 Å². The van der Waals surface area contributed by atoms with Crippen molar-refractivity contribution in [1.29, 1.82) is 0 Å². The van der Waals surface area contributed by atoms with Gasteiger partial charge in [-0.1, -0.05) is 0 Å². The molecule has 69 valence electrons. The summed E-state index contributed by atoms with van der Waals surface area (Å²) in [6.45, 7) is 5.09. The van der Waals surface area contributed by atoms with Crippen molar-refractivity contribution in [3.63, 3.8) is 0 Å².